The van der Waals surface area contributed by atoms with E-state index in [2.05, 4.69) is 31.5 Å². The minimum absolute atomic E-state index is 0.0600. The lowest BCUT2D eigenvalue weighted by Crippen LogP contribution is -2.14. The Morgan fingerprint density at radius 2 is 2.10 bits per heavy atom. The van der Waals surface area contributed by atoms with Gasteiger partial charge >= 0.3 is 0 Å². The van der Waals surface area contributed by atoms with Crippen molar-refractivity contribution in [2.75, 3.05) is 17.7 Å². The zero-order chi connectivity index (χ0) is 15.4. The van der Waals surface area contributed by atoms with Gasteiger partial charge in [-0.1, -0.05) is 0 Å². The van der Waals surface area contributed by atoms with Crippen LogP contribution >= 0.6 is 15.9 Å². The first kappa shape index (κ1) is 14.9. The predicted octanol–water partition coefficient (Wildman–Crippen LogP) is 3.05. The maximum Gasteiger partial charge on any atom is 0.274 e. The minimum Gasteiger partial charge on any atom is -0.388 e. The van der Waals surface area contributed by atoms with Crippen LogP contribution in [0, 0.1) is 10.1 Å². The fraction of sp³-hybridized carbons (Fsp3) is 0.0769. The summed E-state index contributed by atoms with van der Waals surface area (Å²) in [6.45, 7) is 0. The lowest BCUT2D eigenvalue weighted by Gasteiger charge is -2.07. The average molecular weight is 351 g/mol. The third-order valence-corrected chi connectivity index (χ3v) is 3.35. The van der Waals surface area contributed by atoms with Crippen molar-refractivity contribution >= 4 is 38.9 Å². The Morgan fingerprint density at radius 3 is 2.71 bits per heavy atom. The topological polar surface area (TPSA) is 97.2 Å². The van der Waals surface area contributed by atoms with Crippen molar-refractivity contribution in [1.29, 1.82) is 0 Å². The maximum atomic E-state index is 12.1. The number of nitrogens with one attached hydrogen (secondary N) is 2. The third-order valence-electron chi connectivity index (χ3n) is 2.69. The Labute approximate surface area is 128 Å². The van der Waals surface area contributed by atoms with Crippen molar-refractivity contribution in [2.45, 2.75) is 0 Å². The summed E-state index contributed by atoms with van der Waals surface area (Å²) in [7, 11) is 1.74. The van der Waals surface area contributed by atoms with Gasteiger partial charge in [-0.2, -0.15) is 0 Å². The summed E-state index contributed by atoms with van der Waals surface area (Å²) in [5, 5.41) is 16.2. The number of non-ortho nitro benzene ring substituents is 1. The van der Waals surface area contributed by atoms with E-state index in [0.717, 1.165) is 5.69 Å². The van der Waals surface area contributed by atoms with Gasteiger partial charge in [0.05, 0.1) is 10.6 Å². The molecule has 108 valence electrons. The summed E-state index contributed by atoms with van der Waals surface area (Å²) in [5.74, 6) is -0.401. The number of hydrogen-bond donors (Lipinski definition) is 2. The van der Waals surface area contributed by atoms with Crippen LogP contribution in [0.4, 0.5) is 17.1 Å². The third kappa shape index (κ3) is 3.54. The Morgan fingerprint density at radius 1 is 1.33 bits per heavy atom. The molecule has 1 aromatic heterocycles. The predicted molar refractivity (Wildman–Crippen MR) is 82.5 cm³/mol. The summed E-state index contributed by atoms with van der Waals surface area (Å²) in [6, 6.07) is 7.44. The number of carbonyl (C=O) groups is 1. The molecule has 0 fully saturated rings. The number of nitro groups is 1. The number of nitro benzene ring substituents is 1. The number of carbonyl (C=O) groups excluding carboxylic acids is 1. The van der Waals surface area contributed by atoms with Crippen molar-refractivity contribution in [1.82, 2.24) is 4.98 Å². The number of hydrogen-bond acceptors (Lipinski definition) is 5. The number of nitrogens with zero attached hydrogens (tertiary/aromatic N) is 2. The summed E-state index contributed by atoms with van der Waals surface area (Å²) in [5.41, 5.74) is 1.38. The van der Waals surface area contributed by atoms with Crippen LogP contribution < -0.4 is 10.6 Å². The quantitative estimate of drug-likeness (QED) is 0.652. The number of halogens is 1. The summed E-state index contributed by atoms with van der Waals surface area (Å²) < 4.78 is 0.426. The first-order valence-electron chi connectivity index (χ1n) is 5.90. The normalized spacial score (nSPS) is 10.0. The molecule has 2 aromatic rings. The molecule has 0 bridgehead atoms. The van der Waals surface area contributed by atoms with E-state index in [-0.39, 0.29) is 11.4 Å². The Bertz CT molecular complexity index is 706. The highest BCUT2D eigenvalue weighted by Crippen LogP contribution is 2.27. The van der Waals surface area contributed by atoms with Gasteiger partial charge in [-0.3, -0.25) is 19.9 Å². The van der Waals surface area contributed by atoms with Crippen molar-refractivity contribution < 1.29 is 9.72 Å². The molecule has 0 spiro atoms. The van der Waals surface area contributed by atoms with Crippen LogP contribution in [0.3, 0.4) is 0 Å². The van der Waals surface area contributed by atoms with E-state index in [4.69, 9.17) is 0 Å². The molecule has 0 saturated heterocycles. The molecule has 7 nitrogen and oxygen atoms in total. The van der Waals surface area contributed by atoms with Crippen LogP contribution in [0.1, 0.15) is 10.5 Å². The van der Waals surface area contributed by atoms with Crippen LogP contribution in [-0.2, 0) is 0 Å². The lowest BCUT2D eigenvalue weighted by molar-refractivity contribution is -0.384. The lowest BCUT2D eigenvalue weighted by atomic mass is 10.2. The fourth-order valence-corrected chi connectivity index (χ4v) is 2.08. The fourth-order valence-electron chi connectivity index (χ4n) is 1.62. The molecule has 2 rings (SSSR count). The Balaban J connectivity index is 2.21. The minimum atomic E-state index is -0.506. The SMILES string of the molecule is CNc1ccnc(C(=O)Nc2ccc([N+](=O)[O-])cc2Br)c1. The highest BCUT2D eigenvalue weighted by Gasteiger charge is 2.13. The Hall–Kier alpha value is -2.48. The van der Waals surface area contributed by atoms with E-state index in [1.165, 1.54) is 24.4 Å². The molecule has 8 heteroatoms. The molecule has 0 radical (unpaired) electrons. The van der Waals surface area contributed by atoms with Crippen LogP contribution in [0.5, 0.6) is 0 Å². The molecule has 21 heavy (non-hydrogen) atoms. The van der Waals surface area contributed by atoms with Gasteiger partial charge in [0.1, 0.15) is 5.69 Å². The molecule has 0 aliphatic heterocycles. The van der Waals surface area contributed by atoms with Gasteiger partial charge in [0.25, 0.3) is 11.6 Å². The second-order valence-electron chi connectivity index (χ2n) is 4.06. The molecule has 2 N–H and O–H groups in total. The summed E-state index contributed by atoms with van der Waals surface area (Å²) >= 11 is 3.19. The molecule has 0 atom stereocenters. The largest absolute Gasteiger partial charge is 0.388 e. The van der Waals surface area contributed by atoms with E-state index < -0.39 is 10.8 Å². The second kappa shape index (κ2) is 6.31. The van der Waals surface area contributed by atoms with Crippen LogP contribution in [0.15, 0.2) is 41.0 Å². The number of benzene rings is 1. The van der Waals surface area contributed by atoms with Crippen LogP contribution in [0.2, 0.25) is 0 Å². The molecule has 0 aliphatic carbocycles. The van der Waals surface area contributed by atoms with Crippen LogP contribution in [0.25, 0.3) is 0 Å². The van der Waals surface area contributed by atoms with Gasteiger partial charge in [0, 0.05) is 35.5 Å². The molecule has 1 heterocycles. The zero-order valence-electron chi connectivity index (χ0n) is 11.0. The first-order valence-corrected chi connectivity index (χ1v) is 6.69. The number of aromatic nitrogens is 1. The van der Waals surface area contributed by atoms with Gasteiger partial charge in [-0.25, -0.2) is 0 Å². The van der Waals surface area contributed by atoms with E-state index >= 15 is 0 Å². The molecule has 0 aliphatic rings. The first-order chi connectivity index (χ1) is 10.0. The van der Waals surface area contributed by atoms with E-state index in [1.54, 1.807) is 19.2 Å². The summed E-state index contributed by atoms with van der Waals surface area (Å²) in [4.78, 5) is 26.2. The van der Waals surface area contributed by atoms with E-state index in [1.807, 2.05) is 0 Å². The smallest absolute Gasteiger partial charge is 0.274 e. The molecule has 0 saturated carbocycles. The molecule has 0 unspecified atom stereocenters. The number of amides is 1. The second-order valence-corrected chi connectivity index (χ2v) is 4.91. The van der Waals surface area contributed by atoms with Crippen LogP contribution in [-0.4, -0.2) is 22.9 Å². The van der Waals surface area contributed by atoms with Gasteiger partial charge in [-0.05, 0) is 34.1 Å². The van der Waals surface area contributed by atoms with E-state index in [9.17, 15) is 14.9 Å². The van der Waals surface area contributed by atoms with Gasteiger partial charge in [0.2, 0.25) is 0 Å². The number of rotatable bonds is 4. The van der Waals surface area contributed by atoms with Gasteiger partial charge < -0.3 is 10.6 Å². The molecule has 1 amide bonds. The van der Waals surface area contributed by atoms with Crippen molar-refractivity contribution in [2.24, 2.45) is 0 Å². The zero-order valence-corrected chi connectivity index (χ0v) is 12.5. The molecular formula is C13H11BrN4O3. The highest BCUT2D eigenvalue weighted by molar-refractivity contribution is 9.10. The van der Waals surface area contributed by atoms with Crippen molar-refractivity contribution in [3.63, 3.8) is 0 Å². The molecule has 1 aromatic carbocycles. The number of pyridine rings is 1. The number of anilines is 2. The maximum absolute atomic E-state index is 12.1. The standard InChI is InChI=1S/C13H11BrN4O3/c1-15-8-4-5-16-12(6-8)13(19)17-11-3-2-9(18(20)21)7-10(11)14/h2-7H,1H3,(H,15,16)(H,17,19). The van der Waals surface area contributed by atoms with Crippen molar-refractivity contribution in [3.8, 4) is 0 Å². The highest BCUT2D eigenvalue weighted by atomic mass is 79.9. The Kier molecular flexibility index (Phi) is 4.49. The van der Waals surface area contributed by atoms with E-state index in [0.29, 0.717) is 10.2 Å². The van der Waals surface area contributed by atoms with Gasteiger partial charge in [0.15, 0.2) is 0 Å². The van der Waals surface area contributed by atoms with Crippen molar-refractivity contribution in [3.05, 3.63) is 56.8 Å². The average Bonchev–Trinajstić information content (AvgIpc) is 2.49. The molecular weight excluding hydrogens is 340 g/mol. The summed E-state index contributed by atoms with van der Waals surface area (Å²) in [6.07, 6.45) is 1.52. The monoisotopic (exact) mass is 350 g/mol. The van der Waals surface area contributed by atoms with Gasteiger partial charge in [-0.15, -0.1) is 0 Å².